The minimum Gasteiger partial charge on any atom is -0.261 e. The van der Waals surface area contributed by atoms with Gasteiger partial charge in [-0.15, -0.1) is 21.5 Å². The number of thiazole rings is 1. The molecule has 1 aliphatic heterocycles. The van der Waals surface area contributed by atoms with E-state index in [0.29, 0.717) is 6.61 Å². The average molecular weight is 288 g/mol. The van der Waals surface area contributed by atoms with Crippen molar-refractivity contribution in [3.63, 3.8) is 0 Å². The number of para-hydroxylation sites is 1. The summed E-state index contributed by atoms with van der Waals surface area (Å²) in [6.07, 6.45) is 1.80. The normalized spacial score (nSPS) is 13.8. The zero-order valence-electron chi connectivity index (χ0n) is 9.68. The van der Waals surface area contributed by atoms with E-state index in [9.17, 15) is 0 Å². The van der Waals surface area contributed by atoms with Gasteiger partial charge < -0.3 is 0 Å². The predicted molar refractivity (Wildman–Crippen MR) is 74.4 cm³/mol. The fraction of sp³-hybridized carbons (Fsp3) is 0.0833. The van der Waals surface area contributed by atoms with E-state index >= 15 is 0 Å². The first-order valence-corrected chi connectivity index (χ1v) is 7.35. The van der Waals surface area contributed by atoms with Crippen LogP contribution in [0.2, 0.25) is 0 Å². The fourth-order valence-corrected chi connectivity index (χ4v) is 3.40. The molecule has 0 amide bonds. The van der Waals surface area contributed by atoms with Crippen LogP contribution in [0.25, 0.3) is 9.88 Å². The SMILES string of the molecule is c1ccc2c(c1)CON2c1nnc(-c2cncs2)s1. The Balaban J connectivity index is 1.71. The van der Waals surface area contributed by atoms with Crippen LogP contribution in [0, 0.1) is 0 Å². The molecule has 0 N–H and O–H groups in total. The van der Waals surface area contributed by atoms with Crippen molar-refractivity contribution in [2.75, 3.05) is 5.06 Å². The van der Waals surface area contributed by atoms with Gasteiger partial charge in [0, 0.05) is 11.8 Å². The van der Waals surface area contributed by atoms with Crippen molar-refractivity contribution in [3.05, 3.63) is 41.5 Å². The molecule has 0 spiro atoms. The van der Waals surface area contributed by atoms with Crippen molar-refractivity contribution >= 4 is 33.5 Å². The van der Waals surface area contributed by atoms with Crippen molar-refractivity contribution in [1.82, 2.24) is 15.2 Å². The monoisotopic (exact) mass is 288 g/mol. The molecular formula is C12H8N4OS2. The van der Waals surface area contributed by atoms with Crippen LogP contribution < -0.4 is 5.06 Å². The molecule has 0 fully saturated rings. The highest BCUT2D eigenvalue weighted by atomic mass is 32.1. The summed E-state index contributed by atoms with van der Waals surface area (Å²) in [5.41, 5.74) is 3.99. The molecule has 0 bridgehead atoms. The Morgan fingerprint density at radius 1 is 1.21 bits per heavy atom. The first-order chi connectivity index (χ1) is 9.42. The van der Waals surface area contributed by atoms with E-state index < -0.39 is 0 Å². The van der Waals surface area contributed by atoms with E-state index in [1.54, 1.807) is 28.1 Å². The largest absolute Gasteiger partial charge is 0.261 e. The van der Waals surface area contributed by atoms with Crippen molar-refractivity contribution in [2.45, 2.75) is 6.61 Å². The van der Waals surface area contributed by atoms with Crippen molar-refractivity contribution in [1.29, 1.82) is 0 Å². The molecule has 0 aliphatic carbocycles. The number of benzene rings is 1. The molecule has 2 aromatic heterocycles. The smallest absolute Gasteiger partial charge is 0.237 e. The highest BCUT2D eigenvalue weighted by Gasteiger charge is 2.24. The number of fused-ring (bicyclic) bond motifs is 1. The standard InChI is InChI=1S/C12H8N4OS2/c1-2-4-9-8(3-1)6-17-16(9)12-15-14-11(19-12)10-5-13-7-18-10/h1-5,7H,6H2. The van der Waals surface area contributed by atoms with E-state index in [2.05, 4.69) is 21.2 Å². The van der Waals surface area contributed by atoms with Gasteiger partial charge in [0.15, 0.2) is 5.01 Å². The number of anilines is 2. The number of hydrogen-bond acceptors (Lipinski definition) is 7. The second-order valence-corrected chi connectivity index (χ2v) is 5.79. The summed E-state index contributed by atoms with van der Waals surface area (Å²) >= 11 is 3.06. The number of hydrogen-bond donors (Lipinski definition) is 0. The molecule has 3 heterocycles. The minimum absolute atomic E-state index is 0.575. The van der Waals surface area contributed by atoms with E-state index in [1.807, 2.05) is 18.2 Å². The Bertz CT molecular complexity index is 710. The Labute approximate surface area is 117 Å². The summed E-state index contributed by atoms with van der Waals surface area (Å²) < 4.78 is 0. The van der Waals surface area contributed by atoms with E-state index in [0.717, 1.165) is 26.3 Å². The van der Waals surface area contributed by atoms with Crippen LogP contribution >= 0.6 is 22.7 Å². The molecule has 0 saturated carbocycles. The van der Waals surface area contributed by atoms with Crippen molar-refractivity contribution < 1.29 is 4.84 Å². The minimum atomic E-state index is 0.575. The van der Waals surface area contributed by atoms with Crippen LogP contribution in [0.4, 0.5) is 10.8 Å². The Kier molecular flexibility index (Phi) is 2.54. The number of nitrogens with zero attached hydrogens (tertiary/aromatic N) is 4. The maximum absolute atomic E-state index is 5.67. The molecule has 0 atom stereocenters. The van der Waals surface area contributed by atoms with E-state index in [-0.39, 0.29) is 0 Å². The van der Waals surface area contributed by atoms with Crippen LogP contribution in [-0.4, -0.2) is 15.2 Å². The van der Waals surface area contributed by atoms with Crippen molar-refractivity contribution in [2.24, 2.45) is 0 Å². The summed E-state index contributed by atoms with van der Waals surface area (Å²) in [4.78, 5) is 10.7. The quantitative estimate of drug-likeness (QED) is 0.724. The van der Waals surface area contributed by atoms with Gasteiger partial charge in [-0.3, -0.25) is 9.82 Å². The lowest BCUT2D eigenvalue weighted by atomic mass is 10.2. The summed E-state index contributed by atoms with van der Waals surface area (Å²) in [6.45, 7) is 0.575. The lowest BCUT2D eigenvalue weighted by Crippen LogP contribution is -2.10. The van der Waals surface area contributed by atoms with Crippen LogP contribution in [-0.2, 0) is 11.4 Å². The highest BCUT2D eigenvalue weighted by molar-refractivity contribution is 7.22. The van der Waals surface area contributed by atoms with Gasteiger partial charge >= 0.3 is 0 Å². The van der Waals surface area contributed by atoms with Gasteiger partial charge in [0.1, 0.15) is 6.61 Å². The third-order valence-corrected chi connectivity index (χ3v) is 4.62. The molecule has 19 heavy (non-hydrogen) atoms. The lowest BCUT2D eigenvalue weighted by Gasteiger charge is -2.12. The third-order valence-electron chi connectivity index (χ3n) is 2.79. The second kappa shape index (κ2) is 4.37. The van der Waals surface area contributed by atoms with E-state index in [4.69, 9.17) is 4.84 Å². The summed E-state index contributed by atoms with van der Waals surface area (Å²) in [5, 5.41) is 11.8. The van der Waals surface area contributed by atoms with Crippen LogP contribution in [0.1, 0.15) is 5.56 Å². The second-order valence-electron chi connectivity index (χ2n) is 3.95. The molecule has 1 aromatic carbocycles. The fourth-order valence-electron chi connectivity index (χ4n) is 1.91. The summed E-state index contributed by atoms with van der Waals surface area (Å²) in [7, 11) is 0. The highest BCUT2D eigenvalue weighted by Crippen LogP contribution is 2.39. The lowest BCUT2D eigenvalue weighted by molar-refractivity contribution is 0.145. The molecule has 4 rings (SSSR count). The molecule has 0 unspecified atom stereocenters. The van der Waals surface area contributed by atoms with Crippen molar-refractivity contribution in [3.8, 4) is 9.88 Å². The third kappa shape index (κ3) is 1.83. The molecule has 5 nitrogen and oxygen atoms in total. The number of rotatable bonds is 2. The Hall–Kier alpha value is -1.83. The predicted octanol–water partition coefficient (Wildman–Crippen LogP) is 3.24. The van der Waals surface area contributed by atoms with Crippen LogP contribution in [0.15, 0.2) is 36.0 Å². The van der Waals surface area contributed by atoms with Gasteiger partial charge in [0.2, 0.25) is 5.13 Å². The zero-order valence-corrected chi connectivity index (χ0v) is 11.3. The summed E-state index contributed by atoms with van der Waals surface area (Å²) in [6, 6.07) is 8.08. The van der Waals surface area contributed by atoms with Gasteiger partial charge in [-0.2, -0.15) is 5.06 Å². The molecule has 3 aromatic rings. The van der Waals surface area contributed by atoms with E-state index in [1.165, 1.54) is 11.3 Å². The van der Waals surface area contributed by atoms with Crippen LogP contribution in [0.5, 0.6) is 0 Å². The molecule has 94 valence electrons. The Morgan fingerprint density at radius 2 is 2.16 bits per heavy atom. The number of aromatic nitrogens is 3. The van der Waals surface area contributed by atoms with Gasteiger partial charge in [-0.1, -0.05) is 29.5 Å². The zero-order chi connectivity index (χ0) is 12.7. The first kappa shape index (κ1) is 11.0. The summed E-state index contributed by atoms with van der Waals surface area (Å²) in [5.74, 6) is 0. The van der Waals surface area contributed by atoms with Gasteiger partial charge in [0.25, 0.3) is 0 Å². The van der Waals surface area contributed by atoms with Crippen LogP contribution in [0.3, 0.4) is 0 Å². The van der Waals surface area contributed by atoms with Gasteiger partial charge in [0.05, 0.1) is 16.1 Å². The topological polar surface area (TPSA) is 51.1 Å². The molecular weight excluding hydrogens is 280 g/mol. The maximum Gasteiger partial charge on any atom is 0.237 e. The molecule has 7 heteroatoms. The Morgan fingerprint density at radius 3 is 3.05 bits per heavy atom. The first-order valence-electron chi connectivity index (χ1n) is 5.65. The molecule has 0 saturated heterocycles. The average Bonchev–Trinajstić information content (AvgIpc) is 3.18. The van der Waals surface area contributed by atoms with Gasteiger partial charge in [-0.05, 0) is 6.07 Å². The molecule has 0 radical (unpaired) electrons. The molecule has 1 aliphatic rings. The maximum atomic E-state index is 5.67. The van der Waals surface area contributed by atoms with Gasteiger partial charge in [-0.25, -0.2) is 0 Å².